The summed E-state index contributed by atoms with van der Waals surface area (Å²) in [7, 11) is 1.64. The van der Waals surface area contributed by atoms with Crippen molar-refractivity contribution < 1.29 is 4.74 Å². The van der Waals surface area contributed by atoms with Gasteiger partial charge in [0.2, 0.25) is 0 Å². The number of nitrogens with one attached hydrogen (secondary N) is 1. The summed E-state index contributed by atoms with van der Waals surface area (Å²) < 4.78 is 5.14. The van der Waals surface area contributed by atoms with Gasteiger partial charge in [0.25, 0.3) is 0 Å². The first-order chi connectivity index (χ1) is 7.79. The Morgan fingerprint density at radius 3 is 2.94 bits per heavy atom. The van der Waals surface area contributed by atoms with Gasteiger partial charge in [-0.25, -0.2) is 0 Å². The lowest BCUT2D eigenvalue weighted by molar-refractivity contribution is 0.415. The fraction of sp³-hybridized carbons (Fsp3) is 0.0833. The van der Waals surface area contributed by atoms with E-state index in [-0.39, 0.29) is 0 Å². The average Bonchev–Trinajstić information content (AvgIpc) is 2.32. The Bertz CT molecular complexity index is 488. The van der Waals surface area contributed by atoms with E-state index in [2.05, 4.69) is 10.3 Å². The molecule has 0 spiro atoms. The third-order valence-electron chi connectivity index (χ3n) is 2.12. The minimum absolute atomic E-state index is 0.588. The number of nitrogens with zero attached hydrogens (tertiary/aromatic N) is 1. The molecule has 1 aromatic carbocycles. The van der Waals surface area contributed by atoms with Crippen molar-refractivity contribution in [2.75, 3.05) is 12.4 Å². The highest BCUT2D eigenvalue weighted by molar-refractivity contribution is 6.33. The molecule has 0 aliphatic carbocycles. The Morgan fingerprint density at radius 2 is 2.19 bits per heavy atom. The summed E-state index contributed by atoms with van der Waals surface area (Å²) in [4.78, 5) is 3.92. The largest absolute Gasteiger partial charge is 0.497 e. The quantitative estimate of drug-likeness (QED) is 0.883. The van der Waals surface area contributed by atoms with Crippen LogP contribution in [0.15, 0.2) is 42.7 Å². The van der Waals surface area contributed by atoms with Gasteiger partial charge in [0.1, 0.15) is 5.75 Å². The Kier molecular flexibility index (Phi) is 3.27. The van der Waals surface area contributed by atoms with E-state index in [1.165, 1.54) is 0 Å². The van der Waals surface area contributed by atoms with Crippen LogP contribution < -0.4 is 10.1 Å². The molecule has 0 aliphatic rings. The van der Waals surface area contributed by atoms with Crippen LogP contribution in [0.4, 0.5) is 11.4 Å². The predicted molar refractivity (Wildman–Crippen MR) is 65.5 cm³/mol. The molecule has 0 fully saturated rings. The monoisotopic (exact) mass is 234 g/mol. The molecule has 4 heteroatoms. The molecule has 0 aliphatic heterocycles. The lowest BCUT2D eigenvalue weighted by Gasteiger charge is -2.08. The molecule has 16 heavy (non-hydrogen) atoms. The maximum atomic E-state index is 5.99. The number of methoxy groups -OCH3 is 1. The van der Waals surface area contributed by atoms with E-state index in [1.54, 1.807) is 19.5 Å². The number of aromatic nitrogens is 1. The van der Waals surface area contributed by atoms with E-state index in [0.717, 1.165) is 17.1 Å². The van der Waals surface area contributed by atoms with Gasteiger partial charge in [0.15, 0.2) is 0 Å². The van der Waals surface area contributed by atoms with Gasteiger partial charge >= 0.3 is 0 Å². The Hall–Kier alpha value is -1.74. The van der Waals surface area contributed by atoms with Crippen molar-refractivity contribution in [1.29, 1.82) is 0 Å². The summed E-state index contributed by atoms with van der Waals surface area (Å²) in [6.45, 7) is 0. The fourth-order valence-corrected chi connectivity index (χ4v) is 1.50. The van der Waals surface area contributed by atoms with Crippen LogP contribution in [-0.4, -0.2) is 12.1 Å². The van der Waals surface area contributed by atoms with Crippen LogP contribution in [0.25, 0.3) is 0 Å². The van der Waals surface area contributed by atoms with Gasteiger partial charge < -0.3 is 10.1 Å². The molecule has 0 bridgehead atoms. The highest BCUT2D eigenvalue weighted by atomic mass is 35.5. The SMILES string of the molecule is COc1cccc(Nc2ccncc2Cl)c1. The van der Waals surface area contributed by atoms with Crippen LogP contribution in [-0.2, 0) is 0 Å². The molecule has 1 aromatic heterocycles. The van der Waals surface area contributed by atoms with Gasteiger partial charge in [0, 0.05) is 24.1 Å². The van der Waals surface area contributed by atoms with E-state index < -0.39 is 0 Å². The minimum Gasteiger partial charge on any atom is -0.497 e. The number of pyridine rings is 1. The molecule has 0 atom stereocenters. The number of anilines is 2. The summed E-state index contributed by atoms with van der Waals surface area (Å²) in [5, 5.41) is 3.78. The van der Waals surface area contributed by atoms with E-state index in [4.69, 9.17) is 16.3 Å². The molecule has 0 amide bonds. The highest BCUT2D eigenvalue weighted by Crippen LogP contribution is 2.25. The topological polar surface area (TPSA) is 34.1 Å². The van der Waals surface area contributed by atoms with Gasteiger partial charge in [-0.2, -0.15) is 0 Å². The van der Waals surface area contributed by atoms with E-state index in [1.807, 2.05) is 30.3 Å². The zero-order chi connectivity index (χ0) is 11.4. The van der Waals surface area contributed by atoms with Crippen LogP contribution in [0.5, 0.6) is 5.75 Å². The molecular formula is C12H11ClN2O. The molecule has 1 heterocycles. The summed E-state index contributed by atoms with van der Waals surface area (Å²) >= 11 is 5.99. The summed E-state index contributed by atoms with van der Waals surface area (Å²) in [6.07, 6.45) is 3.29. The molecule has 0 unspecified atom stereocenters. The van der Waals surface area contributed by atoms with Crippen molar-refractivity contribution in [2.24, 2.45) is 0 Å². The smallest absolute Gasteiger partial charge is 0.120 e. The maximum absolute atomic E-state index is 5.99. The van der Waals surface area contributed by atoms with Crippen LogP contribution in [0.3, 0.4) is 0 Å². The normalized spacial score (nSPS) is 9.88. The second-order valence-electron chi connectivity index (χ2n) is 3.21. The van der Waals surface area contributed by atoms with Gasteiger partial charge in [-0.1, -0.05) is 17.7 Å². The number of hydrogen-bond donors (Lipinski definition) is 1. The molecular weight excluding hydrogens is 224 g/mol. The second kappa shape index (κ2) is 4.86. The first-order valence-corrected chi connectivity index (χ1v) is 5.18. The van der Waals surface area contributed by atoms with Gasteiger partial charge in [-0.05, 0) is 18.2 Å². The molecule has 82 valence electrons. The molecule has 0 radical (unpaired) electrons. The van der Waals surface area contributed by atoms with E-state index in [0.29, 0.717) is 5.02 Å². The molecule has 3 nitrogen and oxygen atoms in total. The van der Waals surface area contributed by atoms with Crippen LogP contribution in [0.1, 0.15) is 0 Å². The van der Waals surface area contributed by atoms with Crippen molar-refractivity contribution >= 4 is 23.0 Å². The number of hydrogen-bond acceptors (Lipinski definition) is 3. The molecule has 0 saturated heterocycles. The maximum Gasteiger partial charge on any atom is 0.120 e. The molecule has 0 saturated carbocycles. The third kappa shape index (κ3) is 2.44. The van der Waals surface area contributed by atoms with E-state index in [9.17, 15) is 0 Å². The Balaban J connectivity index is 2.24. The van der Waals surface area contributed by atoms with E-state index >= 15 is 0 Å². The zero-order valence-electron chi connectivity index (χ0n) is 8.77. The second-order valence-corrected chi connectivity index (χ2v) is 3.62. The van der Waals surface area contributed by atoms with Crippen LogP contribution >= 0.6 is 11.6 Å². The van der Waals surface area contributed by atoms with Crippen molar-refractivity contribution in [3.8, 4) is 5.75 Å². The van der Waals surface area contributed by atoms with Crippen molar-refractivity contribution in [3.63, 3.8) is 0 Å². The standard InChI is InChI=1S/C12H11ClN2O/c1-16-10-4-2-3-9(7-10)15-12-5-6-14-8-11(12)13/h2-8H,1H3,(H,14,15). The highest BCUT2D eigenvalue weighted by Gasteiger charge is 2.00. The van der Waals surface area contributed by atoms with Crippen LogP contribution in [0, 0.1) is 0 Å². The zero-order valence-corrected chi connectivity index (χ0v) is 9.53. The average molecular weight is 235 g/mol. The van der Waals surface area contributed by atoms with Crippen molar-refractivity contribution in [3.05, 3.63) is 47.7 Å². The number of rotatable bonds is 3. The summed E-state index contributed by atoms with van der Waals surface area (Å²) in [5.74, 6) is 0.801. The van der Waals surface area contributed by atoms with Crippen LogP contribution in [0.2, 0.25) is 5.02 Å². The van der Waals surface area contributed by atoms with Gasteiger partial charge in [0.05, 0.1) is 17.8 Å². The summed E-state index contributed by atoms with van der Waals surface area (Å²) in [6, 6.07) is 9.47. The molecule has 1 N–H and O–H groups in total. The lowest BCUT2D eigenvalue weighted by Crippen LogP contribution is -1.92. The summed E-state index contributed by atoms with van der Waals surface area (Å²) in [5.41, 5.74) is 1.75. The Labute approximate surface area is 99.0 Å². The van der Waals surface area contributed by atoms with Crippen molar-refractivity contribution in [1.82, 2.24) is 4.98 Å². The third-order valence-corrected chi connectivity index (χ3v) is 2.42. The first kappa shape index (κ1) is 10.8. The predicted octanol–water partition coefficient (Wildman–Crippen LogP) is 3.49. The number of halogens is 1. The van der Waals surface area contributed by atoms with Gasteiger partial charge in [-0.3, -0.25) is 4.98 Å². The number of benzene rings is 1. The minimum atomic E-state index is 0.588. The fourth-order valence-electron chi connectivity index (χ4n) is 1.33. The molecule has 2 rings (SSSR count). The first-order valence-electron chi connectivity index (χ1n) is 4.80. The van der Waals surface area contributed by atoms with Crippen molar-refractivity contribution in [2.45, 2.75) is 0 Å². The van der Waals surface area contributed by atoms with Gasteiger partial charge in [-0.15, -0.1) is 0 Å². The Morgan fingerprint density at radius 1 is 1.31 bits per heavy atom. The number of ether oxygens (including phenoxy) is 1. The lowest BCUT2D eigenvalue weighted by atomic mass is 10.3. The molecule has 2 aromatic rings.